The van der Waals surface area contributed by atoms with E-state index in [-0.39, 0.29) is 18.4 Å². The number of aryl methyl sites for hydroxylation is 1. The molecule has 7 heteroatoms. The zero-order valence-corrected chi connectivity index (χ0v) is 21.8. The molecule has 0 N–H and O–H groups in total. The molecule has 7 nitrogen and oxygen atoms in total. The average Bonchev–Trinajstić information content (AvgIpc) is 2.88. The molecule has 0 aromatic heterocycles. The first kappa shape index (κ1) is 26.5. The molecule has 1 aliphatic rings. The predicted molar refractivity (Wildman–Crippen MR) is 138 cm³/mol. The summed E-state index contributed by atoms with van der Waals surface area (Å²) in [6, 6.07) is 11.8. The molecule has 1 aliphatic heterocycles. The Morgan fingerprint density at radius 3 is 2.23 bits per heavy atom. The van der Waals surface area contributed by atoms with E-state index in [0.717, 1.165) is 36.8 Å². The summed E-state index contributed by atoms with van der Waals surface area (Å²) in [6.07, 6.45) is 4.03. The Hall–Kier alpha value is -3.06. The molecule has 0 aliphatic carbocycles. The fourth-order valence-electron chi connectivity index (χ4n) is 4.31. The topological polar surface area (TPSA) is 62.3 Å². The van der Waals surface area contributed by atoms with Gasteiger partial charge in [0.2, 0.25) is 5.91 Å². The van der Waals surface area contributed by atoms with Crippen LogP contribution < -0.4 is 9.47 Å². The number of unbranched alkanes of at least 4 members (excludes halogenated alkanes) is 1. The number of hydrogen-bond donors (Lipinski definition) is 0. The molecule has 35 heavy (non-hydrogen) atoms. The fraction of sp³-hybridized carbons (Fsp3) is 0.500. The molecule has 3 rings (SSSR count). The van der Waals surface area contributed by atoms with Gasteiger partial charge < -0.3 is 24.2 Å². The van der Waals surface area contributed by atoms with E-state index in [4.69, 9.17) is 9.47 Å². The van der Waals surface area contributed by atoms with Crippen LogP contribution in [0, 0.1) is 0 Å². The van der Waals surface area contributed by atoms with E-state index in [9.17, 15) is 9.59 Å². The largest absolute Gasteiger partial charge is 0.493 e. The molecule has 0 unspecified atom stereocenters. The van der Waals surface area contributed by atoms with Crippen molar-refractivity contribution >= 4 is 11.8 Å². The summed E-state index contributed by atoms with van der Waals surface area (Å²) < 4.78 is 10.9. The van der Waals surface area contributed by atoms with E-state index in [1.54, 1.807) is 19.1 Å². The number of ether oxygens (including phenoxy) is 2. The second-order valence-electron chi connectivity index (χ2n) is 9.37. The van der Waals surface area contributed by atoms with Crippen molar-refractivity contribution in [3.05, 3.63) is 58.7 Å². The second-order valence-corrected chi connectivity index (χ2v) is 9.37. The molecule has 0 bridgehead atoms. The van der Waals surface area contributed by atoms with E-state index in [1.165, 1.54) is 5.56 Å². The molecule has 1 heterocycles. The van der Waals surface area contributed by atoms with Crippen LogP contribution >= 0.6 is 0 Å². The van der Waals surface area contributed by atoms with Gasteiger partial charge in [-0.1, -0.05) is 25.5 Å². The number of fused-ring (bicyclic) bond motifs is 1. The summed E-state index contributed by atoms with van der Waals surface area (Å²) in [4.78, 5) is 32.2. The number of methoxy groups -OCH3 is 2. The van der Waals surface area contributed by atoms with Crippen molar-refractivity contribution < 1.29 is 19.1 Å². The summed E-state index contributed by atoms with van der Waals surface area (Å²) in [5.74, 6) is 1.21. The van der Waals surface area contributed by atoms with Crippen LogP contribution in [0.2, 0.25) is 0 Å². The maximum Gasteiger partial charge on any atom is 0.254 e. The lowest BCUT2D eigenvalue weighted by molar-refractivity contribution is -0.132. The van der Waals surface area contributed by atoms with Crippen LogP contribution in [0.4, 0.5) is 0 Å². The number of benzene rings is 2. The minimum absolute atomic E-state index is 0.0443. The SMILES string of the molecule is CCCCc1ccc(C(=O)N(CCN(C)C)CC(=O)N2CCc3cc(OC)c(OC)cc3C2)cc1. The predicted octanol–water partition coefficient (Wildman–Crippen LogP) is 3.64. The Balaban J connectivity index is 1.72. The first-order valence-corrected chi connectivity index (χ1v) is 12.4. The Labute approximate surface area is 209 Å². The van der Waals surface area contributed by atoms with Crippen molar-refractivity contribution in [1.29, 1.82) is 0 Å². The number of amides is 2. The van der Waals surface area contributed by atoms with Gasteiger partial charge in [0.15, 0.2) is 11.5 Å². The first-order valence-electron chi connectivity index (χ1n) is 12.4. The van der Waals surface area contributed by atoms with Gasteiger partial charge in [-0.2, -0.15) is 0 Å². The number of nitrogens with zero attached hydrogens (tertiary/aromatic N) is 3. The van der Waals surface area contributed by atoms with Gasteiger partial charge >= 0.3 is 0 Å². The molecule has 0 radical (unpaired) electrons. The Morgan fingerprint density at radius 2 is 1.63 bits per heavy atom. The highest BCUT2D eigenvalue weighted by Crippen LogP contribution is 2.33. The van der Waals surface area contributed by atoms with Crippen LogP contribution in [0.1, 0.15) is 46.8 Å². The molecular formula is C28H39N3O4. The lowest BCUT2D eigenvalue weighted by atomic mass is 9.98. The summed E-state index contributed by atoms with van der Waals surface area (Å²) in [6.45, 7) is 4.52. The van der Waals surface area contributed by atoms with Gasteiger partial charge in [0, 0.05) is 31.7 Å². The van der Waals surface area contributed by atoms with E-state index in [2.05, 4.69) is 6.92 Å². The molecule has 2 aromatic rings. The van der Waals surface area contributed by atoms with Crippen LogP contribution in [-0.4, -0.2) is 81.0 Å². The van der Waals surface area contributed by atoms with Crippen molar-refractivity contribution in [3.63, 3.8) is 0 Å². The van der Waals surface area contributed by atoms with Crippen LogP contribution in [0.25, 0.3) is 0 Å². The monoisotopic (exact) mass is 481 g/mol. The molecule has 190 valence electrons. The van der Waals surface area contributed by atoms with Crippen molar-refractivity contribution in [2.24, 2.45) is 0 Å². The lowest BCUT2D eigenvalue weighted by Crippen LogP contribution is -2.46. The summed E-state index contributed by atoms with van der Waals surface area (Å²) in [5.41, 5.74) is 4.07. The summed E-state index contributed by atoms with van der Waals surface area (Å²) in [7, 11) is 7.17. The highest BCUT2D eigenvalue weighted by atomic mass is 16.5. The maximum atomic E-state index is 13.4. The van der Waals surface area contributed by atoms with E-state index in [0.29, 0.717) is 43.2 Å². The lowest BCUT2D eigenvalue weighted by Gasteiger charge is -2.32. The normalized spacial score (nSPS) is 12.9. The van der Waals surface area contributed by atoms with Gasteiger partial charge in [-0.15, -0.1) is 0 Å². The molecule has 0 spiro atoms. The van der Waals surface area contributed by atoms with Crippen LogP contribution in [0.5, 0.6) is 11.5 Å². The zero-order valence-electron chi connectivity index (χ0n) is 21.8. The zero-order chi connectivity index (χ0) is 25.4. The van der Waals surface area contributed by atoms with E-state index < -0.39 is 0 Å². The van der Waals surface area contributed by atoms with E-state index in [1.807, 2.05) is 60.3 Å². The quantitative estimate of drug-likeness (QED) is 0.491. The van der Waals surface area contributed by atoms with Gasteiger partial charge in [-0.3, -0.25) is 9.59 Å². The molecule has 0 fully saturated rings. The van der Waals surface area contributed by atoms with Crippen molar-refractivity contribution in [1.82, 2.24) is 14.7 Å². The minimum atomic E-state index is -0.106. The van der Waals surface area contributed by atoms with Crippen molar-refractivity contribution in [2.75, 3.05) is 54.5 Å². The smallest absolute Gasteiger partial charge is 0.254 e. The third-order valence-corrected chi connectivity index (χ3v) is 6.52. The highest BCUT2D eigenvalue weighted by Gasteiger charge is 2.26. The van der Waals surface area contributed by atoms with Crippen LogP contribution in [0.3, 0.4) is 0 Å². The van der Waals surface area contributed by atoms with Crippen LogP contribution in [-0.2, 0) is 24.2 Å². The van der Waals surface area contributed by atoms with Gasteiger partial charge in [0.05, 0.1) is 14.2 Å². The number of carbonyl (C=O) groups is 2. The third kappa shape index (κ3) is 6.98. The highest BCUT2D eigenvalue weighted by molar-refractivity contribution is 5.96. The fourth-order valence-corrected chi connectivity index (χ4v) is 4.31. The summed E-state index contributed by atoms with van der Waals surface area (Å²) >= 11 is 0. The average molecular weight is 482 g/mol. The number of hydrogen-bond acceptors (Lipinski definition) is 5. The molecule has 0 saturated carbocycles. The van der Waals surface area contributed by atoms with E-state index >= 15 is 0 Å². The maximum absolute atomic E-state index is 13.4. The molecule has 0 atom stereocenters. The Morgan fingerprint density at radius 1 is 0.971 bits per heavy atom. The number of rotatable bonds is 11. The van der Waals surface area contributed by atoms with Crippen LogP contribution in [0.15, 0.2) is 36.4 Å². The first-order chi connectivity index (χ1) is 16.9. The summed E-state index contributed by atoms with van der Waals surface area (Å²) in [5, 5.41) is 0. The third-order valence-electron chi connectivity index (χ3n) is 6.52. The Bertz CT molecular complexity index is 1000. The molecule has 2 amide bonds. The molecule has 0 saturated heterocycles. The van der Waals surface area contributed by atoms with Gasteiger partial charge in [-0.05, 0) is 74.3 Å². The minimum Gasteiger partial charge on any atom is -0.493 e. The standard InChI is InChI=1S/C28H39N3O4/c1-6-7-8-21-9-11-22(12-10-21)28(33)31(16-15-29(2)3)20-27(32)30-14-13-23-17-25(34-4)26(35-5)18-24(23)19-30/h9-12,17-18H,6-8,13-16,19-20H2,1-5H3. The Kier molecular flexibility index (Phi) is 9.55. The molecule has 2 aromatic carbocycles. The number of carbonyl (C=O) groups excluding carboxylic acids is 2. The van der Waals surface area contributed by atoms with Crippen molar-refractivity contribution in [3.8, 4) is 11.5 Å². The second kappa shape index (κ2) is 12.6. The van der Waals surface area contributed by atoms with Gasteiger partial charge in [0.1, 0.15) is 6.54 Å². The van der Waals surface area contributed by atoms with Gasteiger partial charge in [0.25, 0.3) is 5.91 Å². The van der Waals surface area contributed by atoms with Crippen molar-refractivity contribution in [2.45, 2.75) is 39.2 Å². The van der Waals surface area contributed by atoms with Gasteiger partial charge in [-0.25, -0.2) is 0 Å². The number of likely N-dealkylation sites (N-methyl/N-ethyl adjacent to an activating group) is 1. The molecular weight excluding hydrogens is 442 g/mol.